The first-order valence-corrected chi connectivity index (χ1v) is 13.3. The molecular formula is C27H20Cl3FN2O5S. The third kappa shape index (κ3) is 6.86. The van der Waals surface area contributed by atoms with Gasteiger partial charge in [-0.1, -0.05) is 46.9 Å². The third-order valence-electron chi connectivity index (χ3n) is 5.57. The number of carbonyl (C=O) groups is 3. The third-order valence-corrected chi connectivity index (χ3v) is 7.52. The van der Waals surface area contributed by atoms with Crippen molar-refractivity contribution in [3.8, 4) is 11.5 Å². The van der Waals surface area contributed by atoms with E-state index in [4.69, 9.17) is 44.3 Å². The van der Waals surface area contributed by atoms with E-state index in [9.17, 15) is 18.8 Å². The monoisotopic (exact) mass is 608 g/mol. The highest BCUT2D eigenvalue weighted by Gasteiger charge is 2.35. The van der Waals surface area contributed by atoms with Crippen LogP contribution in [0.2, 0.25) is 15.1 Å². The zero-order valence-corrected chi connectivity index (χ0v) is 23.6. The molecule has 1 saturated heterocycles. The Labute approximate surface area is 242 Å². The SMILES string of the molecule is COc1cc(/C=C2\SC(=O)N(Cc3ccc(F)cc3Cl)C2=O)cc(Cl)c1OCC(=O)Nc1ccc(C)c(Cl)c1. The van der Waals surface area contributed by atoms with Crippen molar-refractivity contribution in [3.63, 3.8) is 0 Å². The number of nitrogens with one attached hydrogen (secondary N) is 1. The van der Waals surface area contributed by atoms with Crippen LogP contribution in [-0.2, 0) is 16.1 Å². The highest BCUT2D eigenvalue weighted by molar-refractivity contribution is 8.18. The number of nitrogens with zero attached hydrogens (tertiary/aromatic N) is 1. The molecule has 3 amide bonds. The summed E-state index contributed by atoms with van der Waals surface area (Å²) in [6.45, 7) is 1.39. The maximum absolute atomic E-state index is 13.3. The Morgan fingerprint density at radius 2 is 1.82 bits per heavy atom. The van der Waals surface area contributed by atoms with Crippen molar-refractivity contribution in [1.29, 1.82) is 0 Å². The van der Waals surface area contributed by atoms with Gasteiger partial charge in [0, 0.05) is 15.7 Å². The second-order valence-electron chi connectivity index (χ2n) is 8.34. The minimum atomic E-state index is -0.534. The van der Waals surface area contributed by atoms with Crippen LogP contribution in [0.15, 0.2) is 53.4 Å². The molecule has 3 aromatic carbocycles. The number of methoxy groups -OCH3 is 1. The van der Waals surface area contributed by atoms with E-state index in [1.807, 2.05) is 6.92 Å². The van der Waals surface area contributed by atoms with Crippen LogP contribution in [-0.4, -0.2) is 35.7 Å². The van der Waals surface area contributed by atoms with E-state index in [0.29, 0.717) is 21.8 Å². The van der Waals surface area contributed by atoms with Crippen LogP contribution in [0.25, 0.3) is 6.08 Å². The molecule has 7 nitrogen and oxygen atoms in total. The molecule has 1 aliphatic rings. The fourth-order valence-electron chi connectivity index (χ4n) is 3.58. The number of halogens is 4. The molecule has 39 heavy (non-hydrogen) atoms. The predicted molar refractivity (Wildman–Crippen MR) is 151 cm³/mol. The summed E-state index contributed by atoms with van der Waals surface area (Å²) in [6.07, 6.45) is 1.49. The molecule has 3 aromatic rings. The molecule has 0 bridgehead atoms. The molecule has 12 heteroatoms. The summed E-state index contributed by atoms with van der Waals surface area (Å²) in [6, 6.07) is 11.9. The lowest BCUT2D eigenvalue weighted by Gasteiger charge is -2.14. The largest absolute Gasteiger partial charge is 0.493 e. The minimum absolute atomic E-state index is 0.102. The lowest BCUT2D eigenvalue weighted by atomic mass is 10.1. The molecule has 0 atom stereocenters. The minimum Gasteiger partial charge on any atom is -0.493 e. The van der Waals surface area contributed by atoms with Crippen LogP contribution in [0.4, 0.5) is 14.9 Å². The van der Waals surface area contributed by atoms with Crippen LogP contribution in [0.5, 0.6) is 11.5 Å². The Balaban J connectivity index is 1.47. The van der Waals surface area contributed by atoms with Gasteiger partial charge in [0.2, 0.25) is 0 Å². The maximum atomic E-state index is 13.3. The van der Waals surface area contributed by atoms with Gasteiger partial charge in [-0.15, -0.1) is 0 Å². The summed E-state index contributed by atoms with van der Waals surface area (Å²) in [5.41, 5.74) is 2.29. The van der Waals surface area contributed by atoms with E-state index in [1.54, 1.807) is 24.3 Å². The van der Waals surface area contributed by atoms with Crippen molar-refractivity contribution in [1.82, 2.24) is 4.90 Å². The van der Waals surface area contributed by atoms with E-state index in [2.05, 4.69) is 5.32 Å². The van der Waals surface area contributed by atoms with Crippen LogP contribution in [0.1, 0.15) is 16.7 Å². The van der Waals surface area contributed by atoms with Gasteiger partial charge in [-0.3, -0.25) is 19.3 Å². The van der Waals surface area contributed by atoms with Gasteiger partial charge in [0.15, 0.2) is 18.1 Å². The van der Waals surface area contributed by atoms with Crippen LogP contribution >= 0.6 is 46.6 Å². The zero-order valence-electron chi connectivity index (χ0n) is 20.5. The quantitative estimate of drug-likeness (QED) is 0.269. The fraction of sp³-hybridized carbons (Fsp3) is 0.148. The lowest BCUT2D eigenvalue weighted by molar-refractivity contribution is -0.123. The van der Waals surface area contributed by atoms with E-state index in [1.165, 1.54) is 31.4 Å². The van der Waals surface area contributed by atoms with E-state index in [-0.39, 0.29) is 39.6 Å². The summed E-state index contributed by atoms with van der Waals surface area (Å²) in [7, 11) is 1.40. The van der Waals surface area contributed by atoms with Crippen molar-refractivity contribution in [3.05, 3.63) is 91.0 Å². The fourth-order valence-corrected chi connectivity index (χ4v) is 5.10. The molecule has 1 heterocycles. The number of benzene rings is 3. The smallest absolute Gasteiger partial charge is 0.293 e. The normalized spacial score (nSPS) is 14.2. The van der Waals surface area contributed by atoms with Gasteiger partial charge in [0.1, 0.15) is 5.82 Å². The van der Waals surface area contributed by atoms with Crippen molar-refractivity contribution >= 4 is 75.4 Å². The summed E-state index contributed by atoms with van der Waals surface area (Å²) >= 11 is 19.3. The number of ether oxygens (including phenoxy) is 2. The van der Waals surface area contributed by atoms with Crippen molar-refractivity contribution in [2.75, 3.05) is 19.0 Å². The standard InChI is InChI=1S/C27H20Cl3FN2O5S/c1-14-3-6-18(11-19(14)28)32-24(34)13-38-25-21(30)7-15(8-22(25)37-2)9-23-26(35)33(27(36)39-23)12-16-4-5-17(31)10-20(16)29/h3-11H,12-13H2,1-2H3,(H,32,34)/b23-9-. The van der Waals surface area contributed by atoms with Gasteiger partial charge in [0.05, 0.1) is 23.6 Å². The first kappa shape index (κ1) is 28.8. The molecule has 0 saturated carbocycles. The number of aryl methyl sites for hydroxylation is 1. The van der Waals surface area contributed by atoms with Crippen molar-refractivity contribution in [2.24, 2.45) is 0 Å². The number of carbonyl (C=O) groups excluding carboxylic acids is 3. The van der Waals surface area contributed by atoms with Crippen LogP contribution < -0.4 is 14.8 Å². The number of hydrogen-bond acceptors (Lipinski definition) is 6. The molecule has 0 radical (unpaired) electrons. The molecular weight excluding hydrogens is 590 g/mol. The molecule has 1 fully saturated rings. The molecule has 0 aliphatic carbocycles. The lowest BCUT2D eigenvalue weighted by Crippen LogP contribution is -2.27. The number of imide groups is 1. The average Bonchev–Trinajstić information content (AvgIpc) is 3.14. The number of hydrogen-bond donors (Lipinski definition) is 1. The molecule has 1 N–H and O–H groups in total. The van der Waals surface area contributed by atoms with E-state index >= 15 is 0 Å². The van der Waals surface area contributed by atoms with Gasteiger partial charge >= 0.3 is 0 Å². The Kier molecular flexibility index (Phi) is 9.07. The molecule has 0 aromatic heterocycles. The Morgan fingerprint density at radius 3 is 2.51 bits per heavy atom. The second kappa shape index (κ2) is 12.3. The number of anilines is 1. The van der Waals surface area contributed by atoms with Gasteiger partial charge in [-0.25, -0.2) is 4.39 Å². The van der Waals surface area contributed by atoms with Crippen molar-refractivity contribution in [2.45, 2.75) is 13.5 Å². The van der Waals surface area contributed by atoms with Crippen molar-refractivity contribution < 1.29 is 28.2 Å². The zero-order chi connectivity index (χ0) is 28.3. The summed E-state index contributed by atoms with van der Waals surface area (Å²) in [5.74, 6) is -1.14. The first-order valence-electron chi connectivity index (χ1n) is 11.3. The van der Waals surface area contributed by atoms with Gasteiger partial charge in [0.25, 0.3) is 17.1 Å². The number of amides is 3. The van der Waals surface area contributed by atoms with E-state index in [0.717, 1.165) is 28.3 Å². The first-order chi connectivity index (χ1) is 18.5. The Morgan fingerprint density at radius 1 is 1.05 bits per heavy atom. The summed E-state index contributed by atoms with van der Waals surface area (Å²) < 4.78 is 24.3. The average molecular weight is 610 g/mol. The highest BCUT2D eigenvalue weighted by Crippen LogP contribution is 2.39. The van der Waals surface area contributed by atoms with Crippen LogP contribution in [0, 0.1) is 12.7 Å². The molecule has 0 spiro atoms. The number of rotatable bonds is 8. The van der Waals surface area contributed by atoms with Gasteiger partial charge < -0.3 is 14.8 Å². The predicted octanol–water partition coefficient (Wildman–Crippen LogP) is 7.36. The van der Waals surface area contributed by atoms with E-state index < -0.39 is 22.9 Å². The second-order valence-corrected chi connectivity index (χ2v) is 10.6. The van der Waals surface area contributed by atoms with Crippen LogP contribution in [0.3, 0.4) is 0 Å². The summed E-state index contributed by atoms with van der Waals surface area (Å²) in [4.78, 5) is 39.0. The maximum Gasteiger partial charge on any atom is 0.293 e. The highest BCUT2D eigenvalue weighted by atomic mass is 35.5. The molecule has 1 aliphatic heterocycles. The van der Waals surface area contributed by atoms with Gasteiger partial charge in [-0.2, -0.15) is 0 Å². The molecule has 4 rings (SSSR count). The Bertz CT molecular complexity index is 1510. The Hall–Kier alpha value is -3.24. The summed E-state index contributed by atoms with van der Waals surface area (Å²) in [5, 5.41) is 2.95. The number of thioether (sulfide) groups is 1. The molecule has 0 unspecified atom stereocenters. The topological polar surface area (TPSA) is 84.9 Å². The van der Waals surface area contributed by atoms with Gasteiger partial charge in [-0.05, 0) is 77.9 Å². The molecule has 202 valence electrons.